The van der Waals surface area contributed by atoms with Crippen LogP contribution in [-0.2, 0) is 17.6 Å². The topological polar surface area (TPSA) is 69.6 Å². The molecule has 3 rings (SSSR count). The molecule has 2 aliphatic rings. The van der Waals surface area contributed by atoms with E-state index in [4.69, 9.17) is 5.21 Å². The SMILES string of the molecule is CC(=O)N1CC[C@@]2(Cc3ccc(C(=O)NO)cc3C2)C1. The Kier molecular flexibility index (Phi) is 3.01. The van der Waals surface area contributed by atoms with E-state index in [9.17, 15) is 9.59 Å². The monoisotopic (exact) mass is 274 g/mol. The van der Waals surface area contributed by atoms with Gasteiger partial charge in [-0.05, 0) is 47.9 Å². The van der Waals surface area contributed by atoms with Crippen molar-refractivity contribution in [3.63, 3.8) is 0 Å². The summed E-state index contributed by atoms with van der Waals surface area (Å²) in [5.41, 5.74) is 4.70. The lowest BCUT2D eigenvalue weighted by molar-refractivity contribution is -0.128. The first kappa shape index (κ1) is 13.1. The first-order chi connectivity index (χ1) is 9.53. The molecule has 5 nitrogen and oxygen atoms in total. The van der Waals surface area contributed by atoms with E-state index in [1.165, 1.54) is 5.56 Å². The van der Waals surface area contributed by atoms with Gasteiger partial charge in [-0.25, -0.2) is 5.48 Å². The molecular weight excluding hydrogens is 256 g/mol. The highest BCUT2D eigenvalue weighted by Crippen LogP contribution is 2.44. The van der Waals surface area contributed by atoms with Gasteiger partial charge in [0.1, 0.15) is 0 Å². The Hall–Kier alpha value is -1.88. The van der Waals surface area contributed by atoms with Gasteiger partial charge in [0.15, 0.2) is 0 Å². The van der Waals surface area contributed by atoms with Crippen LogP contribution in [0.2, 0.25) is 0 Å². The molecule has 0 radical (unpaired) electrons. The fourth-order valence-corrected chi connectivity index (χ4v) is 3.53. The quantitative estimate of drug-likeness (QED) is 0.596. The van der Waals surface area contributed by atoms with Crippen molar-refractivity contribution in [1.29, 1.82) is 0 Å². The summed E-state index contributed by atoms with van der Waals surface area (Å²) in [5.74, 6) is -0.344. The van der Waals surface area contributed by atoms with Crippen LogP contribution in [0.3, 0.4) is 0 Å². The summed E-state index contributed by atoms with van der Waals surface area (Å²) in [6.45, 7) is 3.25. The van der Waals surface area contributed by atoms with E-state index in [0.29, 0.717) is 5.56 Å². The second kappa shape index (κ2) is 4.59. The van der Waals surface area contributed by atoms with Crippen LogP contribution in [-0.4, -0.2) is 35.0 Å². The summed E-state index contributed by atoms with van der Waals surface area (Å²) in [6, 6.07) is 5.55. The van der Waals surface area contributed by atoms with Gasteiger partial charge in [0.05, 0.1) is 0 Å². The lowest BCUT2D eigenvalue weighted by atomic mass is 9.84. The van der Waals surface area contributed by atoms with Crippen molar-refractivity contribution in [3.8, 4) is 0 Å². The Balaban J connectivity index is 1.82. The van der Waals surface area contributed by atoms with Crippen LogP contribution in [0.5, 0.6) is 0 Å². The van der Waals surface area contributed by atoms with Crippen LogP contribution in [0.4, 0.5) is 0 Å². The smallest absolute Gasteiger partial charge is 0.274 e. The number of carbonyl (C=O) groups excluding carboxylic acids is 2. The zero-order valence-electron chi connectivity index (χ0n) is 11.5. The first-order valence-electron chi connectivity index (χ1n) is 6.85. The predicted molar refractivity (Wildman–Crippen MR) is 72.4 cm³/mol. The van der Waals surface area contributed by atoms with Crippen LogP contribution >= 0.6 is 0 Å². The molecule has 1 atom stereocenters. The van der Waals surface area contributed by atoms with Gasteiger partial charge in [-0.3, -0.25) is 14.8 Å². The molecule has 5 heteroatoms. The van der Waals surface area contributed by atoms with Crippen molar-refractivity contribution >= 4 is 11.8 Å². The number of rotatable bonds is 1. The largest absolute Gasteiger partial charge is 0.342 e. The molecule has 1 aromatic carbocycles. The number of nitrogens with zero attached hydrogens (tertiary/aromatic N) is 1. The van der Waals surface area contributed by atoms with Gasteiger partial charge in [-0.15, -0.1) is 0 Å². The number of carbonyl (C=O) groups is 2. The van der Waals surface area contributed by atoms with Crippen LogP contribution in [0.25, 0.3) is 0 Å². The van der Waals surface area contributed by atoms with Gasteiger partial charge in [-0.2, -0.15) is 0 Å². The lowest BCUT2D eigenvalue weighted by Gasteiger charge is -2.23. The molecular formula is C15H18N2O3. The number of hydrogen-bond donors (Lipinski definition) is 2. The zero-order chi connectivity index (χ0) is 14.3. The summed E-state index contributed by atoms with van der Waals surface area (Å²) < 4.78 is 0. The van der Waals surface area contributed by atoms with Crippen molar-refractivity contribution in [2.45, 2.75) is 26.2 Å². The molecule has 2 amide bonds. The van der Waals surface area contributed by atoms with Crippen molar-refractivity contribution in [2.24, 2.45) is 5.41 Å². The average Bonchev–Trinajstić information content (AvgIpc) is 3.00. The molecule has 1 heterocycles. The molecule has 1 aliphatic heterocycles. The molecule has 0 aromatic heterocycles. The third-order valence-electron chi connectivity index (χ3n) is 4.58. The summed E-state index contributed by atoms with van der Waals surface area (Å²) in [7, 11) is 0. The van der Waals surface area contributed by atoms with Gasteiger partial charge in [0.25, 0.3) is 5.91 Å². The van der Waals surface area contributed by atoms with Crippen molar-refractivity contribution in [1.82, 2.24) is 10.4 Å². The van der Waals surface area contributed by atoms with Gasteiger partial charge < -0.3 is 4.90 Å². The number of fused-ring (bicyclic) bond motifs is 1. The van der Waals surface area contributed by atoms with E-state index in [1.54, 1.807) is 18.5 Å². The summed E-state index contributed by atoms with van der Waals surface area (Å²) in [6.07, 6.45) is 2.88. The van der Waals surface area contributed by atoms with Crippen LogP contribution in [0.1, 0.15) is 34.8 Å². The number of hydroxylamine groups is 1. The number of nitrogens with one attached hydrogen (secondary N) is 1. The van der Waals surface area contributed by atoms with Crippen molar-refractivity contribution in [3.05, 3.63) is 34.9 Å². The minimum Gasteiger partial charge on any atom is -0.342 e. The highest BCUT2D eigenvalue weighted by molar-refractivity contribution is 5.93. The van der Waals surface area contributed by atoms with Crippen molar-refractivity contribution in [2.75, 3.05) is 13.1 Å². The summed E-state index contributed by atoms with van der Waals surface area (Å²) >= 11 is 0. The normalized spacial score (nSPS) is 24.0. The molecule has 0 saturated carbocycles. The summed E-state index contributed by atoms with van der Waals surface area (Å²) in [5, 5.41) is 8.69. The van der Waals surface area contributed by atoms with Crippen LogP contribution in [0, 0.1) is 5.41 Å². The van der Waals surface area contributed by atoms with Gasteiger partial charge in [0.2, 0.25) is 5.91 Å². The molecule has 0 bridgehead atoms. The third kappa shape index (κ3) is 2.08. The maximum atomic E-state index is 11.5. The van der Waals surface area contributed by atoms with E-state index < -0.39 is 5.91 Å². The van der Waals surface area contributed by atoms with Crippen LogP contribution < -0.4 is 5.48 Å². The van der Waals surface area contributed by atoms with Gasteiger partial charge in [-0.1, -0.05) is 6.07 Å². The highest BCUT2D eigenvalue weighted by Gasteiger charge is 2.43. The third-order valence-corrected chi connectivity index (χ3v) is 4.58. The Morgan fingerprint density at radius 2 is 2.05 bits per heavy atom. The van der Waals surface area contributed by atoms with Gasteiger partial charge in [0, 0.05) is 25.6 Å². The second-order valence-electron chi connectivity index (χ2n) is 5.97. The fraction of sp³-hybridized carbons (Fsp3) is 0.467. The zero-order valence-corrected chi connectivity index (χ0v) is 11.5. The Morgan fingerprint density at radius 1 is 1.30 bits per heavy atom. The Bertz CT molecular complexity index is 584. The molecule has 1 fully saturated rings. The molecule has 2 N–H and O–H groups in total. The number of hydrogen-bond acceptors (Lipinski definition) is 3. The first-order valence-corrected chi connectivity index (χ1v) is 6.85. The van der Waals surface area contributed by atoms with E-state index in [2.05, 4.69) is 0 Å². The van der Waals surface area contributed by atoms with Crippen LogP contribution in [0.15, 0.2) is 18.2 Å². The highest BCUT2D eigenvalue weighted by atomic mass is 16.5. The van der Waals surface area contributed by atoms with Gasteiger partial charge >= 0.3 is 0 Å². The van der Waals surface area contributed by atoms with E-state index in [0.717, 1.165) is 37.9 Å². The molecule has 20 heavy (non-hydrogen) atoms. The second-order valence-corrected chi connectivity index (χ2v) is 5.97. The lowest BCUT2D eigenvalue weighted by Crippen LogP contribution is -2.30. The predicted octanol–water partition coefficient (Wildman–Crippen LogP) is 1.14. The Morgan fingerprint density at radius 3 is 2.70 bits per heavy atom. The Labute approximate surface area is 117 Å². The minimum atomic E-state index is -0.481. The number of amides is 2. The number of benzene rings is 1. The molecule has 1 aliphatic carbocycles. The van der Waals surface area contributed by atoms with Crippen molar-refractivity contribution < 1.29 is 14.8 Å². The fourth-order valence-electron chi connectivity index (χ4n) is 3.53. The molecule has 0 unspecified atom stereocenters. The van der Waals surface area contributed by atoms with E-state index in [-0.39, 0.29) is 11.3 Å². The van der Waals surface area contributed by atoms with E-state index in [1.807, 2.05) is 17.0 Å². The molecule has 1 saturated heterocycles. The minimum absolute atomic E-state index is 0.137. The molecule has 106 valence electrons. The summed E-state index contributed by atoms with van der Waals surface area (Å²) in [4.78, 5) is 24.8. The maximum Gasteiger partial charge on any atom is 0.274 e. The number of likely N-dealkylation sites (tertiary alicyclic amines) is 1. The molecule has 1 spiro atoms. The molecule has 1 aromatic rings. The van der Waals surface area contributed by atoms with E-state index >= 15 is 0 Å². The maximum absolute atomic E-state index is 11.5. The average molecular weight is 274 g/mol. The standard InChI is InChI=1S/C15H18N2O3/c1-10(18)17-5-4-15(9-17)7-12-3-2-11(14(19)16-20)6-13(12)8-15/h2-3,6,20H,4-5,7-9H2,1H3,(H,16,19)/t15-/m0/s1.